The molecule has 0 saturated carbocycles. The summed E-state index contributed by atoms with van der Waals surface area (Å²) in [6.07, 6.45) is 3.06. The van der Waals surface area contributed by atoms with Gasteiger partial charge in [-0.1, -0.05) is 0 Å². The van der Waals surface area contributed by atoms with Gasteiger partial charge in [0.15, 0.2) is 5.89 Å². The van der Waals surface area contributed by atoms with Crippen LogP contribution < -0.4 is 11.3 Å². The van der Waals surface area contributed by atoms with E-state index in [1.165, 1.54) is 10.8 Å². The van der Waals surface area contributed by atoms with Crippen molar-refractivity contribution in [1.82, 2.24) is 9.55 Å². The summed E-state index contributed by atoms with van der Waals surface area (Å²) >= 11 is 0. The molecule has 5 nitrogen and oxygen atoms in total. The van der Waals surface area contributed by atoms with Crippen molar-refractivity contribution >= 4 is 5.69 Å². The van der Waals surface area contributed by atoms with Crippen LogP contribution >= 0.6 is 0 Å². The van der Waals surface area contributed by atoms with E-state index in [-0.39, 0.29) is 11.2 Å². The molecule has 2 rings (SSSR count). The molecule has 14 heavy (non-hydrogen) atoms. The molecule has 0 radical (unpaired) electrons. The zero-order chi connectivity index (χ0) is 10.1. The highest BCUT2D eigenvalue weighted by Crippen LogP contribution is 2.06. The highest BCUT2D eigenvalue weighted by atomic mass is 16.4. The summed E-state index contributed by atoms with van der Waals surface area (Å²) in [7, 11) is 0. The smallest absolute Gasteiger partial charge is 0.280 e. The van der Waals surface area contributed by atoms with Crippen LogP contribution in [0, 0.1) is 6.92 Å². The summed E-state index contributed by atoms with van der Waals surface area (Å²) in [5.41, 5.74) is 5.35. The molecule has 0 spiro atoms. The van der Waals surface area contributed by atoms with Crippen LogP contribution in [0.4, 0.5) is 5.69 Å². The van der Waals surface area contributed by atoms with E-state index in [1.807, 2.05) is 0 Å². The number of pyridine rings is 1. The summed E-state index contributed by atoms with van der Waals surface area (Å²) in [5, 5.41) is 0. The molecule has 5 heteroatoms. The first-order valence-corrected chi connectivity index (χ1v) is 4.08. The van der Waals surface area contributed by atoms with E-state index in [1.54, 1.807) is 25.3 Å². The Kier molecular flexibility index (Phi) is 1.85. The Labute approximate surface area is 79.8 Å². The average molecular weight is 191 g/mol. The SMILES string of the molecule is Cc1ncc(-n2cccc(N)c2=O)o1. The summed E-state index contributed by atoms with van der Waals surface area (Å²) in [5.74, 6) is 0.883. The number of nitrogens with two attached hydrogens (primary N) is 1. The van der Waals surface area contributed by atoms with Gasteiger partial charge in [-0.15, -0.1) is 0 Å². The Bertz CT molecular complexity index is 513. The van der Waals surface area contributed by atoms with Gasteiger partial charge in [0, 0.05) is 13.1 Å². The van der Waals surface area contributed by atoms with Crippen molar-refractivity contribution < 1.29 is 4.42 Å². The van der Waals surface area contributed by atoms with Crippen LogP contribution in [0.15, 0.2) is 33.7 Å². The molecule has 2 heterocycles. The van der Waals surface area contributed by atoms with Gasteiger partial charge in [0.25, 0.3) is 5.56 Å². The third-order valence-corrected chi connectivity index (χ3v) is 1.82. The monoisotopic (exact) mass is 191 g/mol. The molecule has 0 unspecified atom stereocenters. The Morgan fingerprint density at radius 3 is 3.00 bits per heavy atom. The number of aromatic nitrogens is 2. The molecule has 0 aliphatic rings. The van der Waals surface area contributed by atoms with E-state index in [2.05, 4.69) is 4.98 Å². The van der Waals surface area contributed by atoms with Gasteiger partial charge in [0.1, 0.15) is 0 Å². The van der Waals surface area contributed by atoms with Crippen molar-refractivity contribution in [3.63, 3.8) is 0 Å². The van der Waals surface area contributed by atoms with Crippen LogP contribution in [0.3, 0.4) is 0 Å². The molecule has 0 atom stereocenters. The maximum absolute atomic E-state index is 11.5. The van der Waals surface area contributed by atoms with Gasteiger partial charge < -0.3 is 10.2 Å². The number of aryl methyl sites for hydroxylation is 1. The number of hydrogen-bond acceptors (Lipinski definition) is 4. The molecule has 2 aromatic heterocycles. The lowest BCUT2D eigenvalue weighted by atomic mass is 10.4. The van der Waals surface area contributed by atoms with Crippen molar-refractivity contribution in [3.05, 3.63) is 40.8 Å². The van der Waals surface area contributed by atoms with Crippen LogP contribution in [0.2, 0.25) is 0 Å². The van der Waals surface area contributed by atoms with Gasteiger partial charge in [0.05, 0.1) is 11.9 Å². The van der Waals surface area contributed by atoms with E-state index in [0.29, 0.717) is 11.8 Å². The lowest BCUT2D eigenvalue weighted by Crippen LogP contribution is -2.19. The predicted molar refractivity (Wildman–Crippen MR) is 51.2 cm³/mol. The first-order valence-electron chi connectivity index (χ1n) is 4.08. The van der Waals surface area contributed by atoms with Gasteiger partial charge in [-0.3, -0.25) is 9.36 Å². The fraction of sp³-hybridized carbons (Fsp3) is 0.111. The molecule has 0 aliphatic carbocycles. The number of oxazole rings is 1. The summed E-state index contributed by atoms with van der Waals surface area (Å²) < 4.78 is 6.52. The lowest BCUT2D eigenvalue weighted by molar-refractivity contribution is 0.497. The Morgan fingerprint density at radius 1 is 1.57 bits per heavy atom. The second-order valence-electron chi connectivity index (χ2n) is 2.86. The molecule has 0 bridgehead atoms. The minimum Gasteiger partial charge on any atom is -0.425 e. The highest BCUT2D eigenvalue weighted by Gasteiger charge is 2.05. The van der Waals surface area contributed by atoms with E-state index in [4.69, 9.17) is 10.2 Å². The summed E-state index contributed by atoms with van der Waals surface area (Å²) in [6, 6.07) is 3.22. The maximum atomic E-state index is 11.5. The molecule has 72 valence electrons. The van der Waals surface area contributed by atoms with Crippen LogP contribution in [0.25, 0.3) is 5.88 Å². The fourth-order valence-corrected chi connectivity index (χ4v) is 1.15. The van der Waals surface area contributed by atoms with Crippen molar-refractivity contribution in [2.45, 2.75) is 6.92 Å². The second-order valence-corrected chi connectivity index (χ2v) is 2.86. The quantitative estimate of drug-likeness (QED) is 0.720. The molecule has 2 aromatic rings. The Morgan fingerprint density at radius 2 is 2.36 bits per heavy atom. The van der Waals surface area contributed by atoms with E-state index in [0.717, 1.165) is 0 Å². The predicted octanol–water partition coefficient (Wildman–Crippen LogP) is 0.716. The molecular weight excluding hydrogens is 182 g/mol. The minimum absolute atomic E-state index is 0.182. The van der Waals surface area contributed by atoms with Crippen molar-refractivity contribution in [3.8, 4) is 5.88 Å². The maximum Gasteiger partial charge on any atom is 0.280 e. The van der Waals surface area contributed by atoms with E-state index >= 15 is 0 Å². The molecule has 2 N–H and O–H groups in total. The van der Waals surface area contributed by atoms with Crippen LogP contribution in [0.1, 0.15) is 5.89 Å². The van der Waals surface area contributed by atoms with E-state index < -0.39 is 0 Å². The lowest BCUT2D eigenvalue weighted by Gasteiger charge is -2.00. The van der Waals surface area contributed by atoms with Crippen molar-refractivity contribution in [2.75, 3.05) is 5.73 Å². The third kappa shape index (κ3) is 1.28. The van der Waals surface area contributed by atoms with Crippen LogP contribution in [-0.4, -0.2) is 9.55 Å². The summed E-state index contributed by atoms with van der Waals surface area (Å²) in [4.78, 5) is 15.4. The largest absolute Gasteiger partial charge is 0.425 e. The normalized spacial score (nSPS) is 10.4. The number of nitrogens with zero attached hydrogens (tertiary/aromatic N) is 2. The minimum atomic E-state index is -0.302. The Hall–Kier alpha value is -2.04. The molecule has 0 aliphatic heterocycles. The fourth-order valence-electron chi connectivity index (χ4n) is 1.15. The van der Waals surface area contributed by atoms with Crippen LogP contribution in [0.5, 0.6) is 0 Å². The van der Waals surface area contributed by atoms with Crippen LogP contribution in [-0.2, 0) is 0 Å². The van der Waals surface area contributed by atoms with Gasteiger partial charge in [-0.2, -0.15) is 0 Å². The zero-order valence-electron chi connectivity index (χ0n) is 7.60. The number of anilines is 1. The molecule has 0 aromatic carbocycles. The van der Waals surface area contributed by atoms with E-state index in [9.17, 15) is 4.79 Å². The van der Waals surface area contributed by atoms with Crippen molar-refractivity contribution in [2.24, 2.45) is 0 Å². The van der Waals surface area contributed by atoms with Crippen molar-refractivity contribution in [1.29, 1.82) is 0 Å². The number of rotatable bonds is 1. The molecule has 0 fully saturated rings. The first-order chi connectivity index (χ1) is 6.68. The first kappa shape index (κ1) is 8.55. The van der Waals surface area contributed by atoms with Gasteiger partial charge in [-0.25, -0.2) is 4.98 Å². The standard InChI is InChI=1S/C9H9N3O2/c1-6-11-5-8(14-6)12-4-2-3-7(10)9(12)13/h2-5H,10H2,1H3. The molecule has 0 saturated heterocycles. The number of hydrogen-bond donors (Lipinski definition) is 1. The molecule has 0 amide bonds. The zero-order valence-corrected chi connectivity index (χ0v) is 7.60. The summed E-state index contributed by atoms with van der Waals surface area (Å²) in [6.45, 7) is 1.71. The highest BCUT2D eigenvalue weighted by molar-refractivity contribution is 5.36. The topological polar surface area (TPSA) is 74.1 Å². The Balaban J connectivity index is 2.63. The average Bonchev–Trinajstić information content (AvgIpc) is 2.57. The second kappa shape index (κ2) is 3.02. The van der Waals surface area contributed by atoms with Gasteiger partial charge >= 0.3 is 0 Å². The van der Waals surface area contributed by atoms with Gasteiger partial charge in [0.2, 0.25) is 5.88 Å². The number of nitrogen functional groups attached to an aromatic ring is 1. The van der Waals surface area contributed by atoms with Gasteiger partial charge in [-0.05, 0) is 12.1 Å². The third-order valence-electron chi connectivity index (χ3n) is 1.82. The molecular formula is C9H9N3O2.